The highest BCUT2D eigenvalue weighted by atomic mass is 16.4. The first kappa shape index (κ1) is 13.9. The molecule has 2 rings (SSSR count). The molecule has 1 aromatic carbocycles. The lowest BCUT2D eigenvalue weighted by Gasteiger charge is -2.27. The summed E-state index contributed by atoms with van der Waals surface area (Å²) in [4.78, 5) is 11.5. The van der Waals surface area contributed by atoms with Gasteiger partial charge in [-0.2, -0.15) is 0 Å². The van der Waals surface area contributed by atoms with E-state index in [9.17, 15) is 9.90 Å². The van der Waals surface area contributed by atoms with Crippen LogP contribution in [-0.4, -0.2) is 17.1 Å². The van der Waals surface area contributed by atoms with Crippen LogP contribution in [0.15, 0.2) is 30.3 Å². The van der Waals surface area contributed by atoms with Crippen LogP contribution in [0.25, 0.3) is 0 Å². The molecular weight excluding hydrogens is 238 g/mol. The van der Waals surface area contributed by atoms with Crippen LogP contribution >= 0.6 is 0 Å². The van der Waals surface area contributed by atoms with Crippen molar-refractivity contribution in [1.82, 2.24) is 0 Å². The van der Waals surface area contributed by atoms with Gasteiger partial charge in [0, 0.05) is 5.69 Å². The average molecular weight is 261 g/mol. The Labute approximate surface area is 115 Å². The number of aliphatic carboxylic acids is 1. The minimum absolute atomic E-state index is 0.248. The molecular formula is C16H23NO2. The van der Waals surface area contributed by atoms with Crippen LogP contribution in [0.4, 0.5) is 5.69 Å². The van der Waals surface area contributed by atoms with Crippen molar-refractivity contribution < 1.29 is 9.90 Å². The topological polar surface area (TPSA) is 49.3 Å². The number of para-hydroxylation sites is 1. The van der Waals surface area contributed by atoms with Gasteiger partial charge >= 0.3 is 5.97 Å². The lowest BCUT2D eigenvalue weighted by Crippen LogP contribution is -2.37. The monoisotopic (exact) mass is 261 g/mol. The Morgan fingerprint density at radius 2 is 1.63 bits per heavy atom. The van der Waals surface area contributed by atoms with E-state index in [4.69, 9.17) is 0 Å². The van der Waals surface area contributed by atoms with E-state index in [1.54, 1.807) is 0 Å². The molecule has 0 bridgehead atoms. The lowest BCUT2D eigenvalue weighted by molar-refractivity contribution is -0.139. The van der Waals surface area contributed by atoms with Crippen molar-refractivity contribution in [3.05, 3.63) is 30.3 Å². The molecule has 104 valence electrons. The summed E-state index contributed by atoms with van der Waals surface area (Å²) in [5.41, 5.74) is 0.900. The first-order valence-electron chi connectivity index (χ1n) is 7.32. The molecule has 1 fully saturated rings. The number of hydrogen-bond acceptors (Lipinski definition) is 2. The van der Waals surface area contributed by atoms with Crippen LogP contribution in [0.3, 0.4) is 0 Å². The van der Waals surface area contributed by atoms with Crippen molar-refractivity contribution in [2.45, 2.75) is 51.0 Å². The molecule has 1 aromatic rings. The zero-order chi connectivity index (χ0) is 13.5. The SMILES string of the molecule is O=C(O)C(Nc1ccccc1)C1CCCCCCC1. The van der Waals surface area contributed by atoms with Gasteiger partial charge in [-0.15, -0.1) is 0 Å². The van der Waals surface area contributed by atoms with Crippen LogP contribution in [0.5, 0.6) is 0 Å². The third-order valence-corrected chi connectivity index (χ3v) is 3.98. The van der Waals surface area contributed by atoms with Gasteiger partial charge in [-0.05, 0) is 30.9 Å². The van der Waals surface area contributed by atoms with Gasteiger partial charge in [-0.3, -0.25) is 0 Å². The van der Waals surface area contributed by atoms with Gasteiger partial charge in [0.05, 0.1) is 0 Å². The Hall–Kier alpha value is -1.51. The second kappa shape index (κ2) is 7.17. The second-order valence-electron chi connectivity index (χ2n) is 5.43. The second-order valence-corrected chi connectivity index (χ2v) is 5.43. The largest absolute Gasteiger partial charge is 0.480 e. The Kier molecular flexibility index (Phi) is 5.25. The number of carboxylic acid groups (broad SMARTS) is 1. The number of hydrogen-bond donors (Lipinski definition) is 2. The van der Waals surface area contributed by atoms with Crippen LogP contribution in [0.2, 0.25) is 0 Å². The molecule has 1 aliphatic carbocycles. The molecule has 1 unspecified atom stereocenters. The minimum Gasteiger partial charge on any atom is -0.480 e. The van der Waals surface area contributed by atoms with Crippen molar-refractivity contribution in [3.8, 4) is 0 Å². The van der Waals surface area contributed by atoms with E-state index in [2.05, 4.69) is 5.32 Å². The maximum Gasteiger partial charge on any atom is 0.326 e. The molecule has 0 radical (unpaired) electrons. The van der Waals surface area contributed by atoms with Crippen molar-refractivity contribution in [3.63, 3.8) is 0 Å². The van der Waals surface area contributed by atoms with E-state index in [1.165, 1.54) is 19.3 Å². The van der Waals surface area contributed by atoms with E-state index < -0.39 is 12.0 Å². The highest BCUT2D eigenvalue weighted by Crippen LogP contribution is 2.27. The summed E-state index contributed by atoms with van der Waals surface area (Å²) in [5, 5.41) is 12.7. The normalized spacial score (nSPS) is 19.2. The summed E-state index contributed by atoms with van der Waals surface area (Å²) < 4.78 is 0. The molecule has 0 saturated heterocycles. The summed E-state index contributed by atoms with van der Waals surface area (Å²) in [7, 11) is 0. The van der Waals surface area contributed by atoms with E-state index in [0.29, 0.717) is 0 Å². The van der Waals surface area contributed by atoms with Crippen molar-refractivity contribution in [1.29, 1.82) is 0 Å². The maximum absolute atomic E-state index is 11.5. The highest BCUT2D eigenvalue weighted by molar-refractivity contribution is 5.77. The Bertz CT molecular complexity index is 383. The third-order valence-electron chi connectivity index (χ3n) is 3.98. The van der Waals surface area contributed by atoms with Gasteiger partial charge < -0.3 is 10.4 Å². The zero-order valence-electron chi connectivity index (χ0n) is 11.3. The van der Waals surface area contributed by atoms with E-state index >= 15 is 0 Å². The van der Waals surface area contributed by atoms with E-state index in [0.717, 1.165) is 31.4 Å². The van der Waals surface area contributed by atoms with Crippen molar-refractivity contribution in [2.24, 2.45) is 5.92 Å². The van der Waals surface area contributed by atoms with E-state index in [1.807, 2.05) is 30.3 Å². The summed E-state index contributed by atoms with van der Waals surface area (Å²) in [6.07, 6.45) is 8.16. The average Bonchev–Trinajstić information content (AvgIpc) is 2.37. The third kappa shape index (κ3) is 4.27. The fourth-order valence-electron chi connectivity index (χ4n) is 2.92. The van der Waals surface area contributed by atoms with Crippen LogP contribution in [0.1, 0.15) is 44.9 Å². The standard InChI is InChI=1S/C16H23NO2/c18-16(19)15(17-14-11-7-4-8-12-14)13-9-5-2-1-3-6-10-13/h4,7-8,11-13,15,17H,1-3,5-6,9-10H2,(H,18,19). The number of benzene rings is 1. The molecule has 0 spiro atoms. The van der Waals surface area contributed by atoms with Gasteiger partial charge in [-0.1, -0.05) is 50.3 Å². The molecule has 0 amide bonds. The van der Waals surface area contributed by atoms with Crippen LogP contribution < -0.4 is 5.32 Å². The molecule has 1 saturated carbocycles. The van der Waals surface area contributed by atoms with Gasteiger partial charge in [0.15, 0.2) is 0 Å². The number of carbonyl (C=O) groups is 1. The Morgan fingerprint density at radius 1 is 1.05 bits per heavy atom. The van der Waals surface area contributed by atoms with Gasteiger partial charge in [0.2, 0.25) is 0 Å². The van der Waals surface area contributed by atoms with Crippen molar-refractivity contribution in [2.75, 3.05) is 5.32 Å². The van der Waals surface area contributed by atoms with Crippen molar-refractivity contribution >= 4 is 11.7 Å². The van der Waals surface area contributed by atoms with Crippen LogP contribution in [-0.2, 0) is 4.79 Å². The predicted octanol–water partition coefficient (Wildman–Crippen LogP) is 3.91. The molecule has 1 aliphatic rings. The molecule has 3 heteroatoms. The molecule has 0 aromatic heterocycles. The summed E-state index contributed by atoms with van der Waals surface area (Å²) in [6, 6.07) is 9.20. The number of nitrogens with one attached hydrogen (secondary N) is 1. The lowest BCUT2D eigenvalue weighted by atomic mass is 9.85. The molecule has 0 heterocycles. The Balaban J connectivity index is 2.03. The summed E-state index contributed by atoms with van der Waals surface area (Å²) in [5.74, 6) is -0.479. The van der Waals surface area contributed by atoms with Gasteiger partial charge in [0.25, 0.3) is 0 Å². The molecule has 0 aliphatic heterocycles. The number of carboxylic acids is 1. The van der Waals surface area contributed by atoms with Gasteiger partial charge in [0.1, 0.15) is 6.04 Å². The number of anilines is 1. The highest BCUT2D eigenvalue weighted by Gasteiger charge is 2.27. The van der Waals surface area contributed by atoms with E-state index in [-0.39, 0.29) is 5.92 Å². The smallest absolute Gasteiger partial charge is 0.326 e. The first-order valence-corrected chi connectivity index (χ1v) is 7.32. The fourth-order valence-corrected chi connectivity index (χ4v) is 2.92. The van der Waals surface area contributed by atoms with Gasteiger partial charge in [-0.25, -0.2) is 4.79 Å². The quantitative estimate of drug-likeness (QED) is 0.864. The maximum atomic E-state index is 11.5. The Morgan fingerprint density at radius 3 is 2.21 bits per heavy atom. The molecule has 3 nitrogen and oxygen atoms in total. The zero-order valence-corrected chi connectivity index (χ0v) is 11.3. The fraction of sp³-hybridized carbons (Fsp3) is 0.562. The molecule has 19 heavy (non-hydrogen) atoms. The number of rotatable bonds is 4. The molecule has 2 N–H and O–H groups in total. The predicted molar refractivity (Wildman–Crippen MR) is 77.3 cm³/mol. The minimum atomic E-state index is -0.727. The molecule has 1 atom stereocenters. The summed E-state index contributed by atoms with van der Waals surface area (Å²) >= 11 is 0. The van der Waals surface area contributed by atoms with Crippen LogP contribution in [0, 0.1) is 5.92 Å². The summed E-state index contributed by atoms with van der Waals surface area (Å²) in [6.45, 7) is 0. The first-order chi connectivity index (χ1) is 9.27.